The van der Waals surface area contributed by atoms with Crippen molar-refractivity contribution in [2.24, 2.45) is 0 Å². The first-order chi connectivity index (χ1) is 12.0. The number of ether oxygens (including phenoxy) is 1. The molecule has 1 amide bonds. The fourth-order valence-electron chi connectivity index (χ4n) is 2.62. The molecule has 0 spiro atoms. The van der Waals surface area contributed by atoms with Crippen molar-refractivity contribution in [3.8, 4) is 6.07 Å². The molecule has 2 heterocycles. The van der Waals surface area contributed by atoms with Crippen LogP contribution in [0.15, 0.2) is 17.2 Å². The van der Waals surface area contributed by atoms with Crippen molar-refractivity contribution in [2.75, 3.05) is 19.0 Å². The van der Waals surface area contributed by atoms with E-state index < -0.39 is 5.56 Å². The lowest BCUT2D eigenvalue weighted by molar-refractivity contribution is -0.116. The molecule has 0 aromatic carbocycles. The Bertz CT molecular complexity index is 860. The molecule has 0 aliphatic rings. The maximum absolute atomic E-state index is 12.1. The predicted molar refractivity (Wildman–Crippen MR) is 92.3 cm³/mol. The molecule has 0 bridgehead atoms. The van der Waals surface area contributed by atoms with Gasteiger partial charge in [0.1, 0.15) is 11.6 Å². The zero-order chi connectivity index (χ0) is 18.4. The van der Waals surface area contributed by atoms with Crippen LogP contribution in [0.1, 0.15) is 28.8 Å². The molecule has 2 aromatic rings. The van der Waals surface area contributed by atoms with Crippen molar-refractivity contribution in [3.63, 3.8) is 0 Å². The Morgan fingerprint density at radius 3 is 2.92 bits per heavy atom. The standard InChI is InChI=1S/C17H21N5O3/c1-11-14(12(2)20-17(24)15(11)8-18)4-5-16(23)21-13-9-19-22(10-13)6-7-25-3/h9-10H,4-7H2,1-3H3,(H,20,24)(H,21,23). The van der Waals surface area contributed by atoms with Gasteiger partial charge in [0, 0.05) is 25.4 Å². The maximum atomic E-state index is 12.1. The van der Waals surface area contributed by atoms with Gasteiger partial charge in [0.15, 0.2) is 0 Å². The second-order valence-electron chi connectivity index (χ2n) is 5.70. The van der Waals surface area contributed by atoms with Crippen molar-refractivity contribution in [1.82, 2.24) is 14.8 Å². The Kier molecular flexibility index (Phi) is 6.08. The number of nitrogens with one attached hydrogen (secondary N) is 2. The number of nitriles is 1. The zero-order valence-electron chi connectivity index (χ0n) is 14.5. The topological polar surface area (TPSA) is 113 Å². The molecule has 0 aliphatic heterocycles. The number of pyridine rings is 1. The molecule has 25 heavy (non-hydrogen) atoms. The Morgan fingerprint density at radius 1 is 1.48 bits per heavy atom. The molecule has 0 unspecified atom stereocenters. The first-order valence-electron chi connectivity index (χ1n) is 7.90. The third-order valence-electron chi connectivity index (χ3n) is 3.96. The number of hydrogen-bond donors (Lipinski definition) is 2. The van der Waals surface area contributed by atoms with Gasteiger partial charge in [-0.2, -0.15) is 10.4 Å². The van der Waals surface area contributed by atoms with Crippen molar-refractivity contribution >= 4 is 11.6 Å². The third kappa shape index (κ3) is 4.55. The Labute approximate surface area is 145 Å². The minimum atomic E-state index is -0.394. The van der Waals surface area contributed by atoms with Gasteiger partial charge in [0.2, 0.25) is 5.91 Å². The summed E-state index contributed by atoms with van der Waals surface area (Å²) in [4.78, 5) is 26.5. The van der Waals surface area contributed by atoms with Crippen molar-refractivity contribution < 1.29 is 9.53 Å². The average molecular weight is 343 g/mol. The summed E-state index contributed by atoms with van der Waals surface area (Å²) in [5.74, 6) is -0.158. The van der Waals surface area contributed by atoms with Gasteiger partial charge < -0.3 is 15.0 Å². The number of H-pyrrole nitrogens is 1. The van der Waals surface area contributed by atoms with Gasteiger partial charge in [-0.25, -0.2) is 0 Å². The lowest BCUT2D eigenvalue weighted by atomic mass is 9.99. The SMILES string of the molecule is COCCn1cc(NC(=O)CCc2c(C)[nH]c(=O)c(C#N)c2C)cn1. The summed E-state index contributed by atoms with van der Waals surface area (Å²) >= 11 is 0. The Hall–Kier alpha value is -2.92. The van der Waals surface area contributed by atoms with Gasteiger partial charge in [0.25, 0.3) is 5.56 Å². The summed E-state index contributed by atoms with van der Waals surface area (Å²) in [6, 6.07) is 1.91. The quantitative estimate of drug-likeness (QED) is 0.786. The second-order valence-corrected chi connectivity index (χ2v) is 5.70. The average Bonchev–Trinajstić information content (AvgIpc) is 3.00. The number of amides is 1. The maximum Gasteiger partial charge on any atom is 0.266 e. The number of aromatic amines is 1. The van der Waals surface area contributed by atoms with Crippen LogP contribution in [0.4, 0.5) is 5.69 Å². The Balaban J connectivity index is 2.00. The number of methoxy groups -OCH3 is 1. The Morgan fingerprint density at radius 2 is 2.24 bits per heavy atom. The molecule has 8 nitrogen and oxygen atoms in total. The minimum Gasteiger partial charge on any atom is -0.383 e. The van der Waals surface area contributed by atoms with Crippen LogP contribution in [-0.4, -0.2) is 34.4 Å². The molecule has 132 valence electrons. The van der Waals surface area contributed by atoms with E-state index in [2.05, 4.69) is 15.4 Å². The number of rotatable bonds is 7. The van der Waals surface area contributed by atoms with E-state index in [4.69, 9.17) is 10.00 Å². The van der Waals surface area contributed by atoms with Crippen LogP contribution in [0.25, 0.3) is 0 Å². The summed E-state index contributed by atoms with van der Waals surface area (Å²) in [5, 5.41) is 16.0. The normalized spacial score (nSPS) is 10.5. The molecule has 8 heteroatoms. The fourth-order valence-corrected chi connectivity index (χ4v) is 2.62. The number of aromatic nitrogens is 3. The van der Waals surface area contributed by atoms with Gasteiger partial charge in [-0.05, 0) is 31.4 Å². The number of nitrogens with zero attached hydrogens (tertiary/aromatic N) is 3. The monoisotopic (exact) mass is 343 g/mol. The number of carbonyl (C=O) groups is 1. The summed E-state index contributed by atoms with van der Waals surface area (Å²) < 4.78 is 6.67. The minimum absolute atomic E-state index is 0.0976. The van der Waals surface area contributed by atoms with Gasteiger partial charge in [0.05, 0.1) is 25.0 Å². The molecular formula is C17H21N5O3. The van der Waals surface area contributed by atoms with E-state index in [1.54, 1.807) is 38.0 Å². The highest BCUT2D eigenvalue weighted by Gasteiger charge is 2.13. The first kappa shape index (κ1) is 18.4. The molecule has 0 fully saturated rings. The van der Waals surface area contributed by atoms with Crippen LogP contribution >= 0.6 is 0 Å². The molecule has 0 aliphatic carbocycles. The largest absolute Gasteiger partial charge is 0.383 e. The van der Waals surface area contributed by atoms with Crippen LogP contribution in [-0.2, 0) is 22.5 Å². The van der Waals surface area contributed by atoms with Crippen LogP contribution < -0.4 is 10.9 Å². The van der Waals surface area contributed by atoms with Crippen LogP contribution in [0.5, 0.6) is 0 Å². The highest BCUT2D eigenvalue weighted by Crippen LogP contribution is 2.15. The van der Waals surface area contributed by atoms with Gasteiger partial charge in [-0.15, -0.1) is 0 Å². The third-order valence-corrected chi connectivity index (χ3v) is 3.96. The fraction of sp³-hybridized carbons (Fsp3) is 0.412. The molecule has 2 N–H and O–H groups in total. The number of hydrogen-bond acceptors (Lipinski definition) is 5. The zero-order valence-corrected chi connectivity index (χ0v) is 14.5. The van der Waals surface area contributed by atoms with Crippen LogP contribution in [0.3, 0.4) is 0 Å². The van der Waals surface area contributed by atoms with E-state index in [1.165, 1.54) is 0 Å². The molecule has 2 rings (SSSR count). The molecule has 2 aromatic heterocycles. The highest BCUT2D eigenvalue weighted by molar-refractivity contribution is 5.90. The second kappa shape index (κ2) is 8.26. The van der Waals surface area contributed by atoms with Crippen molar-refractivity contribution in [1.29, 1.82) is 5.26 Å². The smallest absolute Gasteiger partial charge is 0.266 e. The molecule has 0 saturated carbocycles. The molecule has 0 radical (unpaired) electrons. The lowest BCUT2D eigenvalue weighted by Crippen LogP contribution is -2.18. The summed E-state index contributed by atoms with van der Waals surface area (Å²) in [6.45, 7) is 4.65. The van der Waals surface area contributed by atoms with Crippen molar-refractivity contribution in [3.05, 3.63) is 45.1 Å². The number of aryl methyl sites for hydroxylation is 1. The molecule has 0 saturated heterocycles. The van der Waals surface area contributed by atoms with Crippen molar-refractivity contribution in [2.45, 2.75) is 33.2 Å². The van der Waals surface area contributed by atoms with E-state index in [0.29, 0.717) is 36.5 Å². The van der Waals surface area contributed by atoms with E-state index in [1.807, 2.05) is 6.07 Å². The highest BCUT2D eigenvalue weighted by atomic mass is 16.5. The lowest BCUT2D eigenvalue weighted by Gasteiger charge is -2.10. The van der Waals surface area contributed by atoms with E-state index in [0.717, 1.165) is 5.56 Å². The van der Waals surface area contributed by atoms with E-state index in [-0.39, 0.29) is 17.9 Å². The van der Waals surface area contributed by atoms with Crippen LogP contribution in [0, 0.1) is 25.2 Å². The van der Waals surface area contributed by atoms with Crippen LogP contribution in [0.2, 0.25) is 0 Å². The number of anilines is 1. The van der Waals surface area contributed by atoms with Gasteiger partial charge >= 0.3 is 0 Å². The summed E-state index contributed by atoms with van der Waals surface area (Å²) in [5.41, 5.74) is 2.45. The van der Waals surface area contributed by atoms with E-state index >= 15 is 0 Å². The predicted octanol–water partition coefficient (Wildman–Crippen LogP) is 1.28. The van der Waals surface area contributed by atoms with Gasteiger partial charge in [-0.1, -0.05) is 0 Å². The van der Waals surface area contributed by atoms with E-state index in [9.17, 15) is 9.59 Å². The number of carbonyl (C=O) groups excluding carboxylic acids is 1. The van der Waals surface area contributed by atoms with Gasteiger partial charge in [-0.3, -0.25) is 14.3 Å². The molecular weight excluding hydrogens is 322 g/mol. The molecule has 0 atom stereocenters. The summed E-state index contributed by atoms with van der Waals surface area (Å²) in [7, 11) is 1.62. The summed E-state index contributed by atoms with van der Waals surface area (Å²) in [6.07, 6.45) is 3.99. The first-order valence-corrected chi connectivity index (χ1v) is 7.90.